The number of nitrogens with zero attached hydrogens (tertiary/aromatic N) is 1. The molecule has 0 saturated carbocycles. The number of ketones is 1. The second kappa shape index (κ2) is 7.33. The van der Waals surface area contributed by atoms with Crippen molar-refractivity contribution in [2.45, 2.75) is 50.3 Å². The summed E-state index contributed by atoms with van der Waals surface area (Å²) < 4.78 is 9.54. The summed E-state index contributed by atoms with van der Waals surface area (Å²) in [4.78, 5) is 13.4. The first kappa shape index (κ1) is 23.8. The van der Waals surface area contributed by atoms with Gasteiger partial charge in [0.2, 0.25) is 0 Å². The van der Waals surface area contributed by atoms with Gasteiger partial charge in [-0.15, -0.1) is 0 Å². The predicted octanol–water partition coefficient (Wildman–Crippen LogP) is -2.47. The molecular weight excluding hydrogens is 418 g/mol. The van der Waals surface area contributed by atoms with Crippen LogP contribution in [0.1, 0.15) is 37.8 Å². The molecular formula is C19H27NO11. The average Bonchev–Trinajstić information content (AvgIpc) is 2.60. The first-order valence-electron chi connectivity index (χ1n) is 9.56. The average molecular weight is 445 g/mol. The number of carbonyl (C=O) groups is 1. The minimum atomic E-state index is -3.64. The van der Waals surface area contributed by atoms with Gasteiger partial charge in [-0.25, -0.2) is 4.90 Å². The Balaban J connectivity index is 2.23. The van der Waals surface area contributed by atoms with Crippen molar-refractivity contribution in [3.05, 3.63) is 23.3 Å². The lowest BCUT2D eigenvalue weighted by Crippen LogP contribution is -2.75. The highest BCUT2D eigenvalue weighted by molar-refractivity contribution is 5.83. The number of piperidine rings is 1. The van der Waals surface area contributed by atoms with Gasteiger partial charge >= 0.3 is 6.16 Å². The summed E-state index contributed by atoms with van der Waals surface area (Å²) in [5.74, 6) is -8.74. The fourth-order valence-electron chi connectivity index (χ4n) is 4.29. The highest BCUT2D eigenvalue weighted by Gasteiger charge is 2.67. The quantitative estimate of drug-likeness (QED) is 0.222. The van der Waals surface area contributed by atoms with E-state index in [2.05, 4.69) is 4.74 Å². The lowest BCUT2D eigenvalue weighted by molar-refractivity contribution is -0.463. The van der Waals surface area contributed by atoms with Crippen molar-refractivity contribution in [2.24, 2.45) is 11.8 Å². The van der Waals surface area contributed by atoms with Crippen LogP contribution in [0.25, 0.3) is 0 Å². The number of rotatable bonds is 5. The molecule has 1 aromatic rings. The van der Waals surface area contributed by atoms with Crippen LogP contribution in [-0.4, -0.2) is 77.3 Å². The molecule has 0 aromatic heterocycles. The normalized spacial score (nSPS) is 27.6. The Kier molecular flexibility index (Phi) is 5.63. The Morgan fingerprint density at radius 3 is 2.19 bits per heavy atom. The summed E-state index contributed by atoms with van der Waals surface area (Å²) in [5.41, 5.74) is -3.45. The van der Waals surface area contributed by atoms with E-state index in [4.69, 9.17) is 20.1 Å². The van der Waals surface area contributed by atoms with Gasteiger partial charge in [-0.1, -0.05) is 13.8 Å². The van der Waals surface area contributed by atoms with Crippen LogP contribution in [0, 0.1) is 11.8 Å². The molecule has 0 radical (unpaired) electrons. The number of hydrogen-bond donors (Lipinski definition) is 8. The van der Waals surface area contributed by atoms with E-state index in [9.17, 15) is 30.3 Å². The lowest BCUT2D eigenvalue weighted by atomic mass is 9.74. The zero-order valence-electron chi connectivity index (χ0n) is 17.2. The Morgan fingerprint density at radius 2 is 1.68 bits per heavy atom. The standard InChI is InChI=1S/C19H27NO11/c1-9(2)4-10-8-20-16(22,7-13(10)21)11-5-15(31-19(27,28)29)14(30-3)6-12(11)17(23,24)18(20,25)26/h5-6,9-10,22-29H,4,7-8H2,1-3H3. The molecule has 1 saturated heterocycles. The van der Waals surface area contributed by atoms with Gasteiger partial charge in [0.05, 0.1) is 13.5 Å². The Bertz CT molecular complexity index is 876. The summed E-state index contributed by atoms with van der Waals surface area (Å²) in [5, 5.41) is 81.6. The van der Waals surface area contributed by atoms with Crippen LogP contribution in [0.4, 0.5) is 0 Å². The van der Waals surface area contributed by atoms with Crippen LogP contribution in [0.2, 0.25) is 0 Å². The second-order valence-corrected chi connectivity index (χ2v) is 8.43. The van der Waals surface area contributed by atoms with Crippen molar-refractivity contribution in [3.63, 3.8) is 0 Å². The molecule has 0 aliphatic carbocycles. The van der Waals surface area contributed by atoms with E-state index in [0.29, 0.717) is 11.3 Å². The Hall–Kier alpha value is -1.87. The summed E-state index contributed by atoms with van der Waals surface area (Å²) in [6.07, 6.45) is -3.92. The van der Waals surface area contributed by atoms with Gasteiger partial charge in [0, 0.05) is 23.6 Å². The van der Waals surface area contributed by atoms with Gasteiger partial charge in [-0.3, -0.25) is 4.79 Å². The zero-order chi connectivity index (χ0) is 23.6. The van der Waals surface area contributed by atoms with Gasteiger partial charge in [-0.2, -0.15) is 0 Å². The van der Waals surface area contributed by atoms with Crippen molar-refractivity contribution in [1.82, 2.24) is 4.90 Å². The van der Waals surface area contributed by atoms with Crippen molar-refractivity contribution in [1.29, 1.82) is 0 Å². The van der Waals surface area contributed by atoms with Gasteiger partial charge in [0.1, 0.15) is 5.78 Å². The molecule has 1 fully saturated rings. The minimum absolute atomic E-state index is 0.0630. The largest absolute Gasteiger partial charge is 0.493 e. The van der Waals surface area contributed by atoms with Crippen LogP contribution < -0.4 is 9.47 Å². The number of aliphatic hydroxyl groups is 8. The Labute approximate surface area is 177 Å². The molecule has 0 bridgehead atoms. The molecule has 8 N–H and O–H groups in total. The summed E-state index contributed by atoms with van der Waals surface area (Å²) in [6.45, 7) is 3.30. The third-order valence-electron chi connectivity index (χ3n) is 5.68. The monoisotopic (exact) mass is 445 g/mol. The topological polar surface area (TPSA) is 201 Å². The highest BCUT2D eigenvalue weighted by Crippen LogP contribution is 2.53. The van der Waals surface area contributed by atoms with Gasteiger partial charge in [-0.05, 0) is 24.5 Å². The molecule has 2 heterocycles. The maximum absolute atomic E-state index is 12.8. The molecule has 174 valence electrons. The van der Waals surface area contributed by atoms with Crippen molar-refractivity contribution >= 4 is 5.78 Å². The van der Waals surface area contributed by atoms with E-state index in [-0.39, 0.29) is 11.7 Å². The van der Waals surface area contributed by atoms with Gasteiger partial charge < -0.3 is 50.3 Å². The zero-order valence-corrected chi connectivity index (χ0v) is 17.2. The van der Waals surface area contributed by atoms with Crippen molar-refractivity contribution < 1.29 is 55.1 Å². The van der Waals surface area contributed by atoms with Crippen LogP contribution in [0.15, 0.2) is 12.1 Å². The van der Waals surface area contributed by atoms with E-state index in [0.717, 1.165) is 19.2 Å². The number of methoxy groups -OCH3 is 1. The highest BCUT2D eigenvalue weighted by atomic mass is 16.9. The number of ether oxygens (including phenoxy) is 2. The van der Waals surface area contributed by atoms with Crippen molar-refractivity contribution in [2.75, 3.05) is 13.7 Å². The van der Waals surface area contributed by atoms with E-state index < -0.39 is 65.1 Å². The van der Waals surface area contributed by atoms with Crippen LogP contribution in [0.3, 0.4) is 0 Å². The molecule has 2 aliphatic rings. The van der Waals surface area contributed by atoms with E-state index in [1.54, 1.807) is 0 Å². The van der Waals surface area contributed by atoms with E-state index in [1.165, 1.54) is 0 Å². The van der Waals surface area contributed by atoms with Gasteiger partial charge in [0.15, 0.2) is 17.2 Å². The first-order valence-corrected chi connectivity index (χ1v) is 9.56. The Morgan fingerprint density at radius 1 is 1.10 bits per heavy atom. The molecule has 12 heteroatoms. The maximum atomic E-state index is 12.8. The molecule has 2 unspecified atom stereocenters. The number of fused-ring (bicyclic) bond motifs is 3. The van der Waals surface area contributed by atoms with Crippen LogP contribution in [-0.2, 0) is 16.3 Å². The van der Waals surface area contributed by atoms with E-state index in [1.807, 2.05) is 13.8 Å². The van der Waals surface area contributed by atoms with Crippen molar-refractivity contribution in [3.8, 4) is 11.5 Å². The molecule has 3 rings (SSSR count). The fourth-order valence-corrected chi connectivity index (χ4v) is 4.29. The first-order chi connectivity index (χ1) is 14.0. The summed E-state index contributed by atoms with van der Waals surface area (Å²) >= 11 is 0. The number of hydrogen-bond acceptors (Lipinski definition) is 12. The molecule has 0 spiro atoms. The molecule has 0 amide bonds. The van der Waals surface area contributed by atoms with E-state index >= 15 is 0 Å². The molecule has 1 aromatic carbocycles. The van der Waals surface area contributed by atoms with Crippen LogP contribution >= 0.6 is 0 Å². The van der Waals surface area contributed by atoms with Gasteiger partial charge in [0.25, 0.3) is 11.7 Å². The lowest BCUT2D eigenvalue weighted by Gasteiger charge is -2.57. The molecule has 2 aliphatic heterocycles. The fraction of sp³-hybridized carbons (Fsp3) is 0.632. The smallest absolute Gasteiger partial charge is 0.453 e. The third kappa shape index (κ3) is 3.80. The minimum Gasteiger partial charge on any atom is -0.493 e. The SMILES string of the molecule is COc1cc2c(cc1OC(O)(O)O)C1(O)CC(=O)C(CC(C)C)CN1C(O)(O)C2(O)O. The molecule has 31 heavy (non-hydrogen) atoms. The second-order valence-electron chi connectivity index (χ2n) is 8.43. The summed E-state index contributed by atoms with van der Waals surface area (Å²) in [7, 11) is 1.11. The maximum Gasteiger partial charge on any atom is 0.453 e. The number of carbonyl (C=O) groups excluding carboxylic acids is 1. The van der Waals surface area contributed by atoms with Crippen LogP contribution in [0.5, 0.6) is 11.5 Å². The summed E-state index contributed by atoms with van der Waals surface area (Å²) in [6, 6.07) is 1.72. The number of Topliss-reactive ketones (excluding diaryl/α,β-unsaturated/α-hetero) is 1. The molecule has 12 nitrogen and oxygen atoms in total. The number of benzene rings is 1. The predicted molar refractivity (Wildman–Crippen MR) is 99.5 cm³/mol. The third-order valence-corrected chi connectivity index (χ3v) is 5.68. The molecule has 2 atom stereocenters.